The van der Waals surface area contributed by atoms with Crippen LogP contribution in [0.25, 0.3) is 0 Å². The van der Waals surface area contributed by atoms with E-state index < -0.39 is 0 Å². The van der Waals surface area contributed by atoms with Crippen LogP contribution in [0.1, 0.15) is 66.7 Å². The van der Waals surface area contributed by atoms with Gasteiger partial charge in [0.25, 0.3) is 0 Å². The van der Waals surface area contributed by atoms with Crippen molar-refractivity contribution in [1.29, 1.82) is 0 Å². The van der Waals surface area contributed by atoms with Crippen LogP contribution in [0.5, 0.6) is 0 Å². The highest BCUT2D eigenvalue weighted by Gasteiger charge is 2.58. The Bertz CT molecular complexity index is 306. The topological polar surface area (TPSA) is 32.3 Å². The number of hydrogen-bond donors (Lipinski definition) is 2. The molecule has 0 saturated heterocycles. The van der Waals surface area contributed by atoms with Crippen molar-refractivity contribution in [2.24, 2.45) is 22.7 Å². The molecular weight excluding hydrogens is 234 g/mol. The predicted octanol–water partition coefficient (Wildman–Crippen LogP) is 3.59. The smallest absolute Gasteiger partial charge is 0.0692 e. The first-order chi connectivity index (χ1) is 8.85. The molecule has 2 aliphatic carbocycles. The van der Waals surface area contributed by atoms with E-state index >= 15 is 0 Å². The molecule has 2 heteroatoms. The van der Waals surface area contributed by atoms with Gasteiger partial charge in [-0.3, -0.25) is 0 Å². The van der Waals surface area contributed by atoms with Crippen molar-refractivity contribution >= 4 is 0 Å². The fourth-order valence-corrected chi connectivity index (χ4v) is 5.05. The maximum Gasteiger partial charge on any atom is 0.0692 e. The second-order valence-corrected chi connectivity index (χ2v) is 7.90. The first-order valence-electron chi connectivity index (χ1n) is 8.26. The van der Waals surface area contributed by atoms with Crippen LogP contribution in [0.4, 0.5) is 0 Å². The van der Waals surface area contributed by atoms with E-state index in [1.807, 2.05) is 0 Å². The van der Waals surface area contributed by atoms with Crippen molar-refractivity contribution in [2.75, 3.05) is 6.54 Å². The van der Waals surface area contributed by atoms with Gasteiger partial charge in [-0.2, -0.15) is 0 Å². The minimum atomic E-state index is -0.187. The molecule has 4 atom stereocenters. The maximum absolute atomic E-state index is 10.3. The molecular formula is C17H33NO. The molecule has 2 saturated carbocycles. The van der Waals surface area contributed by atoms with Gasteiger partial charge in [-0.1, -0.05) is 47.5 Å². The Morgan fingerprint density at radius 3 is 2.32 bits per heavy atom. The number of nitrogens with one attached hydrogen (secondary N) is 1. The zero-order valence-corrected chi connectivity index (χ0v) is 13.5. The summed E-state index contributed by atoms with van der Waals surface area (Å²) in [6.45, 7) is 12.4. The molecule has 112 valence electrons. The van der Waals surface area contributed by atoms with Crippen LogP contribution in [0.15, 0.2) is 0 Å². The molecule has 0 aliphatic heterocycles. The minimum Gasteiger partial charge on any atom is -0.392 e. The third-order valence-corrected chi connectivity index (χ3v) is 6.39. The van der Waals surface area contributed by atoms with Gasteiger partial charge < -0.3 is 10.4 Å². The molecule has 2 bridgehead atoms. The summed E-state index contributed by atoms with van der Waals surface area (Å²) in [5, 5.41) is 14.1. The number of aliphatic hydroxyl groups is 1. The summed E-state index contributed by atoms with van der Waals surface area (Å²) in [5.74, 6) is 1.32. The summed E-state index contributed by atoms with van der Waals surface area (Å²) < 4.78 is 0. The van der Waals surface area contributed by atoms with E-state index in [2.05, 4.69) is 39.9 Å². The standard InChI is InChI=1S/C17H33NO/c1-6-12(7-2)14(19)11-18-15-16(3,4)13-8-9-17(15,5)10-13/h12-15,18-19H,6-11H2,1-5H3/t13-,14?,15?,17+/m0/s1. The molecule has 0 spiro atoms. The lowest BCUT2D eigenvalue weighted by Gasteiger charge is -2.44. The average Bonchev–Trinajstić information content (AvgIpc) is 2.81. The summed E-state index contributed by atoms with van der Waals surface area (Å²) in [5.41, 5.74) is 0.850. The molecule has 0 radical (unpaired) electrons. The Kier molecular flexibility index (Phi) is 4.32. The van der Waals surface area contributed by atoms with Gasteiger partial charge in [0.1, 0.15) is 0 Å². The fraction of sp³-hybridized carbons (Fsp3) is 1.00. The van der Waals surface area contributed by atoms with Gasteiger partial charge in [0, 0.05) is 12.6 Å². The Morgan fingerprint density at radius 2 is 1.84 bits per heavy atom. The second kappa shape index (κ2) is 5.37. The van der Waals surface area contributed by atoms with E-state index in [9.17, 15) is 5.11 Å². The molecule has 2 rings (SSSR count). The number of aliphatic hydroxyl groups excluding tert-OH is 1. The Labute approximate surface area is 119 Å². The van der Waals surface area contributed by atoms with Gasteiger partial charge in [-0.15, -0.1) is 0 Å². The summed E-state index contributed by atoms with van der Waals surface area (Å²) in [6, 6.07) is 0.572. The molecule has 0 amide bonds. The Balaban J connectivity index is 1.96. The van der Waals surface area contributed by atoms with Crippen molar-refractivity contribution in [1.82, 2.24) is 5.32 Å². The minimum absolute atomic E-state index is 0.187. The second-order valence-electron chi connectivity index (χ2n) is 7.90. The van der Waals surface area contributed by atoms with Gasteiger partial charge in [0.15, 0.2) is 0 Å². The lowest BCUT2D eigenvalue weighted by Crippen LogP contribution is -2.52. The largest absolute Gasteiger partial charge is 0.392 e. The van der Waals surface area contributed by atoms with E-state index in [-0.39, 0.29) is 6.10 Å². The molecule has 2 N–H and O–H groups in total. The highest BCUT2D eigenvalue weighted by molar-refractivity contribution is 5.12. The van der Waals surface area contributed by atoms with Crippen LogP contribution in [0.2, 0.25) is 0 Å². The van der Waals surface area contributed by atoms with Gasteiger partial charge in [0.05, 0.1) is 6.10 Å². The van der Waals surface area contributed by atoms with Crippen molar-refractivity contribution in [2.45, 2.75) is 78.9 Å². The first-order valence-corrected chi connectivity index (χ1v) is 8.26. The third-order valence-electron chi connectivity index (χ3n) is 6.39. The summed E-state index contributed by atoms with van der Waals surface area (Å²) in [4.78, 5) is 0. The molecule has 2 unspecified atom stereocenters. The van der Waals surface area contributed by atoms with Crippen LogP contribution < -0.4 is 5.32 Å². The highest BCUT2D eigenvalue weighted by Crippen LogP contribution is 2.62. The molecule has 0 aromatic carbocycles. The quantitative estimate of drug-likeness (QED) is 0.771. The van der Waals surface area contributed by atoms with E-state index in [0.29, 0.717) is 22.8 Å². The molecule has 0 heterocycles. The normalized spacial score (nSPS) is 38.1. The van der Waals surface area contributed by atoms with Crippen LogP contribution in [0, 0.1) is 22.7 Å². The monoisotopic (exact) mass is 267 g/mol. The number of fused-ring (bicyclic) bond motifs is 2. The van der Waals surface area contributed by atoms with Gasteiger partial charge >= 0.3 is 0 Å². The van der Waals surface area contributed by atoms with E-state index in [1.165, 1.54) is 19.3 Å². The third kappa shape index (κ3) is 2.58. The van der Waals surface area contributed by atoms with Crippen molar-refractivity contribution in [3.05, 3.63) is 0 Å². The van der Waals surface area contributed by atoms with E-state index in [4.69, 9.17) is 0 Å². The van der Waals surface area contributed by atoms with Crippen LogP contribution in [-0.2, 0) is 0 Å². The molecule has 2 nitrogen and oxygen atoms in total. The zero-order valence-electron chi connectivity index (χ0n) is 13.5. The first kappa shape index (κ1) is 15.3. The van der Waals surface area contributed by atoms with Crippen molar-refractivity contribution < 1.29 is 5.11 Å². The molecule has 0 aromatic heterocycles. The zero-order chi connectivity index (χ0) is 14.3. The Hall–Kier alpha value is -0.0800. The van der Waals surface area contributed by atoms with Crippen LogP contribution in [0.3, 0.4) is 0 Å². The number of rotatable bonds is 6. The van der Waals surface area contributed by atoms with Gasteiger partial charge in [-0.25, -0.2) is 0 Å². The molecule has 0 aromatic rings. The maximum atomic E-state index is 10.3. The lowest BCUT2D eigenvalue weighted by molar-refractivity contribution is 0.0635. The van der Waals surface area contributed by atoms with E-state index in [1.54, 1.807) is 0 Å². The van der Waals surface area contributed by atoms with Crippen LogP contribution >= 0.6 is 0 Å². The fourth-order valence-electron chi connectivity index (χ4n) is 5.05. The number of hydrogen-bond acceptors (Lipinski definition) is 2. The average molecular weight is 267 g/mol. The highest BCUT2D eigenvalue weighted by atomic mass is 16.3. The molecule has 2 fully saturated rings. The molecule has 2 aliphatic rings. The lowest BCUT2D eigenvalue weighted by atomic mass is 9.68. The van der Waals surface area contributed by atoms with Gasteiger partial charge in [-0.05, 0) is 41.9 Å². The van der Waals surface area contributed by atoms with Crippen molar-refractivity contribution in [3.8, 4) is 0 Å². The SMILES string of the molecule is CCC(CC)C(O)CNC1C(C)(C)[C@H]2CC[C@]1(C)C2. The summed E-state index contributed by atoms with van der Waals surface area (Å²) in [7, 11) is 0. The van der Waals surface area contributed by atoms with E-state index in [0.717, 1.165) is 25.3 Å². The predicted molar refractivity (Wildman–Crippen MR) is 81.1 cm³/mol. The molecule has 19 heavy (non-hydrogen) atoms. The van der Waals surface area contributed by atoms with Gasteiger partial charge in [0.2, 0.25) is 0 Å². The Morgan fingerprint density at radius 1 is 1.21 bits per heavy atom. The summed E-state index contributed by atoms with van der Waals surface area (Å²) in [6.07, 6.45) is 6.10. The van der Waals surface area contributed by atoms with Crippen molar-refractivity contribution in [3.63, 3.8) is 0 Å². The van der Waals surface area contributed by atoms with Crippen LogP contribution in [-0.4, -0.2) is 23.8 Å². The summed E-state index contributed by atoms with van der Waals surface area (Å²) >= 11 is 0.